The molecule has 2 aromatic rings. The monoisotopic (exact) mass is 392 g/mol. The number of hydrogen-bond acceptors (Lipinski definition) is 3. The highest BCUT2D eigenvalue weighted by Gasteiger charge is 2.33. The van der Waals surface area contributed by atoms with Gasteiger partial charge in [0.25, 0.3) is 5.91 Å². The summed E-state index contributed by atoms with van der Waals surface area (Å²) >= 11 is 6.17. The molecule has 0 bridgehead atoms. The second-order valence-corrected chi connectivity index (χ2v) is 8.97. The molecular weight excluding hydrogens is 372 g/mol. The van der Waals surface area contributed by atoms with Crippen LogP contribution in [0.4, 0.5) is 5.69 Å². The van der Waals surface area contributed by atoms with Gasteiger partial charge in [0.15, 0.2) is 0 Å². The quantitative estimate of drug-likeness (QED) is 0.801. The van der Waals surface area contributed by atoms with Crippen molar-refractivity contribution in [3.05, 3.63) is 64.2 Å². The summed E-state index contributed by atoms with van der Waals surface area (Å²) in [6.45, 7) is 2.27. The molecule has 0 spiro atoms. The van der Waals surface area contributed by atoms with Crippen LogP contribution >= 0.6 is 11.6 Å². The number of anilines is 1. The first-order valence-corrected chi connectivity index (χ1v) is 10.5. The smallest absolute Gasteiger partial charge is 0.253 e. The average molecular weight is 393 g/mol. The molecule has 0 saturated carbocycles. The van der Waals surface area contributed by atoms with E-state index in [2.05, 4.69) is 0 Å². The normalized spacial score (nSPS) is 16.5. The van der Waals surface area contributed by atoms with E-state index in [-0.39, 0.29) is 11.9 Å². The van der Waals surface area contributed by atoms with E-state index in [4.69, 9.17) is 11.6 Å². The molecule has 7 heteroatoms. The first-order chi connectivity index (χ1) is 12.2. The molecule has 2 aromatic carbocycles. The van der Waals surface area contributed by atoms with Crippen molar-refractivity contribution >= 4 is 33.2 Å². The highest BCUT2D eigenvalue weighted by atomic mass is 35.5. The predicted octanol–water partition coefficient (Wildman–Crippen LogP) is 3.32. The van der Waals surface area contributed by atoms with Gasteiger partial charge < -0.3 is 4.90 Å². The molecule has 0 unspecified atom stereocenters. The van der Waals surface area contributed by atoms with Crippen LogP contribution in [0.15, 0.2) is 42.5 Å². The topological polar surface area (TPSA) is 57.7 Å². The van der Waals surface area contributed by atoms with Crippen molar-refractivity contribution in [3.63, 3.8) is 0 Å². The number of carbonyl (C=O) groups is 1. The Morgan fingerprint density at radius 1 is 1.27 bits per heavy atom. The number of hydrogen-bond donors (Lipinski definition) is 0. The Labute approximate surface area is 159 Å². The summed E-state index contributed by atoms with van der Waals surface area (Å²) in [5.41, 5.74) is 2.95. The number of amides is 1. The van der Waals surface area contributed by atoms with Gasteiger partial charge in [-0.05, 0) is 48.7 Å². The molecule has 5 nitrogen and oxygen atoms in total. The van der Waals surface area contributed by atoms with Crippen molar-refractivity contribution in [3.8, 4) is 0 Å². The van der Waals surface area contributed by atoms with Gasteiger partial charge >= 0.3 is 0 Å². The molecule has 0 saturated heterocycles. The number of fused-ring (bicyclic) bond motifs is 1. The molecule has 0 N–H and O–H groups in total. The third-order valence-electron chi connectivity index (χ3n) is 4.55. The van der Waals surface area contributed by atoms with E-state index >= 15 is 0 Å². The largest absolute Gasteiger partial charge is 0.337 e. The van der Waals surface area contributed by atoms with Gasteiger partial charge in [0.1, 0.15) is 0 Å². The zero-order chi connectivity index (χ0) is 19.1. The molecule has 1 aliphatic heterocycles. The van der Waals surface area contributed by atoms with Crippen LogP contribution in [-0.2, 0) is 23.0 Å². The summed E-state index contributed by atoms with van der Waals surface area (Å²) in [5.74, 6) is -0.127. The molecule has 1 heterocycles. The standard InChI is InChI=1S/C19H21ClN2O3S/c1-13-10-16-11-14(8-9-18(16)22(13)26(3,24)25)19(23)21(2)12-15-6-4-5-7-17(15)20/h4-9,11,13H,10,12H2,1-3H3/t13-/m0/s1. The van der Waals surface area contributed by atoms with Crippen LogP contribution in [0.25, 0.3) is 0 Å². The Morgan fingerprint density at radius 3 is 2.62 bits per heavy atom. The SMILES string of the molecule is C[C@H]1Cc2cc(C(=O)N(C)Cc3ccccc3Cl)ccc2N1S(C)(=O)=O. The van der Waals surface area contributed by atoms with Crippen LogP contribution in [0.3, 0.4) is 0 Å². The number of carbonyl (C=O) groups excluding carboxylic acids is 1. The summed E-state index contributed by atoms with van der Waals surface area (Å²) in [6.07, 6.45) is 1.80. The molecule has 0 fully saturated rings. The third-order valence-corrected chi connectivity index (χ3v) is 6.19. The molecule has 1 aliphatic rings. The lowest BCUT2D eigenvalue weighted by molar-refractivity contribution is 0.0785. The highest BCUT2D eigenvalue weighted by molar-refractivity contribution is 7.92. The van der Waals surface area contributed by atoms with Gasteiger partial charge in [0, 0.05) is 30.2 Å². The van der Waals surface area contributed by atoms with Crippen LogP contribution < -0.4 is 4.31 Å². The fourth-order valence-electron chi connectivity index (χ4n) is 3.42. The number of sulfonamides is 1. The van der Waals surface area contributed by atoms with Gasteiger partial charge in [-0.15, -0.1) is 0 Å². The average Bonchev–Trinajstić information content (AvgIpc) is 2.91. The predicted molar refractivity (Wildman–Crippen MR) is 104 cm³/mol. The summed E-state index contributed by atoms with van der Waals surface area (Å²) < 4.78 is 25.4. The van der Waals surface area contributed by atoms with Crippen LogP contribution in [0.1, 0.15) is 28.4 Å². The van der Waals surface area contributed by atoms with Gasteiger partial charge in [-0.3, -0.25) is 9.10 Å². The van der Waals surface area contributed by atoms with Crippen molar-refractivity contribution in [2.75, 3.05) is 17.6 Å². The lowest BCUT2D eigenvalue weighted by Gasteiger charge is -2.22. The Bertz CT molecular complexity index is 959. The molecule has 0 aromatic heterocycles. The number of nitrogens with zero attached hydrogens (tertiary/aromatic N) is 2. The maximum atomic E-state index is 12.8. The number of halogens is 1. The molecule has 0 aliphatic carbocycles. The molecule has 26 heavy (non-hydrogen) atoms. The molecular formula is C19H21ClN2O3S. The van der Waals surface area contributed by atoms with Crippen LogP contribution in [0, 0.1) is 0 Å². The summed E-state index contributed by atoms with van der Waals surface area (Å²) in [4.78, 5) is 14.4. The summed E-state index contributed by atoms with van der Waals surface area (Å²) in [7, 11) is -1.61. The van der Waals surface area contributed by atoms with E-state index < -0.39 is 10.0 Å². The fraction of sp³-hybridized carbons (Fsp3) is 0.316. The van der Waals surface area contributed by atoms with Crippen molar-refractivity contribution in [2.45, 2.75) is 25.9 Å². The van der Waals surface area contributed by atoms with Gasteiger partial charge in [-0.2, -0.15) is 0 Å². The zero-order valence-electron chi connectivity index (χ0n) is 14.9. The van der Waals surface area contributed by atoms with Gasteiger partial charge in [-0.25, -0.2) is 8.42 Å². The van der Waals surface area contributed by atoms with Crippen molar-refractivity contribution < 1.29 is 13.2 Å². The van der Waals surface area contributed by atoms with E-state index in [1.165, 1.54) is 10.6 Å². The minimum atomic E-state index is -3.34. The highest BCUT2D eigenvalue weighted by Crippen LogP contribution is 2.35. The maximum absolute atomic E-state index is 12.8. The van der Waals surface area contributed by atoms with E-state index in [9.17, 15) is 13.2 Å². The molecule has 1 atom stereocenters. The molecule has 0 radical (unpaired) electrons. The Morgan fingerprint density at radius 2 is 1.96 bits per heavy atom. The van der Waals surface area contributed by atoms with Crippen LogP contribution in [-0.4, -0.2) is 38.6 Å². The van der Waals surface area contributed by atoms with Gasteiger partial charge in [0.2, 0.25) is 10.0 Å². The third kappa shape index (κ3) is 3.57. The first kappa shape index (κ1) is 18.7. The fourth-order valence-corrected chi connectivity index (χ4v) is 4.87. The van der Waals surface area contributed by atoms with Crippen LogP contribution in [0.2, 0.25) is 5.02 Å². The minimum Gasteiger partial charge on any atom is -0.337 e. The molecule has 1 amide bonds. The van der Waals surface area contributed by atoms with E-state index in [1.807, 2.05) is 25.1 Å². The minimum absolute atomic E-state index is 0.127. The second kappa shape index (κ2) is 6.93. The maximum Gasteiger partial charge on any atom is 0.253 e. The second-order valence-electron chi connectivity index (χ2n) is 6.71. The lowest BCUT2D eigenvalue weighted by atomic mass is 10.1. The Hall–Kier alpha value is -2.05. The van der Waals surface area contributed by atoms with Crippen molar-refractivity contribution in [2.24, 2.45) is 0 Å². The summed E-state index contributed by atoms with van der Waals surface area (Å²) in [6, 6.07) is 12.5. The van der Waals surface area contributed by atoms with Gasteiger partial charge in [-0.1, -0.05) is 29.8 Å². The number of benzene rings is 2. The summed E-state index contributed by atoms with van der Waals surface area (Å²) in [5, 5.41) is 0.624. The number of rotatable bonds is 4. The Balaban J connectivity index is 1.84. The molecule has 3 rings (SSSR count). The molecule has 138 valence electrons. The van der Waals surface area contributed by atoms with Crippen molar-refractivity contribution in [1.29, 1.82) is 0 Å². The van der Waals surface area contributed by atoms with E-state index in [0.29, 0.717) is 29.2 Å². The first-order valence-electron chi connectivity index (χ1n) is 8.29. The lowest BCUT2D eigenvalue weighted by Crippen LogP contribution is -2.34. The van der Waals surface area contributed by atoms with E-state index in [0.717, 1.165) is 11.1 Å². The van der Waals surface area contributed by atoms with Crippen molar-refractivity contribution in [1.82, 2.24) is 4.90 Å². The van der Waals surface area contributed by atoms with E-state index in [1.54, 1.807) is 36.2 Å². The Kier molecular flexibility index (Phi) is 4.99. The van der Waals surface area contributed by atoms with Crippen LogP contribution in [0.5, 0.6) is 0 Å². The zero-order valence-corrected chi connectivity index (χ0v) is 16.5. The van der Waals surface area contributed by atoms with Gasteiger partial charge in [0.05, 0.1) is 11.9 Å².